The first-order valence-electron chi connectivity index (χ1n) is 10.3. The summed E-state index contributed by atoms with van der Waals surface area (Å²) >= 11 is 0. The van der Waals surface area contributed by atoms with E-state index in [0.29, 0.717) is 25.1 Å². The first kappa shape index (κ1) is 19.8. The molecule has 1 saturated heterocycles. The molecule has 4 rings (SSSR count). The van der Waals surface area contributed by atoms with Gasteiger partial charge in [-0.1, -0.05) is 48.0 Å². The van der Waals surface area contributed by atoms with Gasteiger partial charge in [-0.2, -0.15) is 0 Å². The maximum Gasteiger partial charge on any atom is 0.254 e. The van der Waals surface area contributed by atoms with Crippen LogP contribution in [0.15, 0.2) is 73.1 Å². The Balaban J connectivity index is 1.38. The molecule has 2 aromatic carbocycles. The number of nitrogens with one attached hydrogen (secondary N) is 1. The van der Waals surface area contributed by atoms with Gasteiger partial charge in [0.25, 0.3) is 5.91 Å². The van der Waals surface area contributed by atoms with Gasteiger partial charge in [0.1, 0.15) is 6.04 Å². The molecule has 30 heavy (non-hydrogen) atoms. The van der Waals surface area contributed by atoms with Crippen molar-refractivity contribution in [1.82, 2.24) is 15.2 Å². The van der Waals surface area contributed by atoms with Crippen LogP contribution in [0.25, 0.3) is 11.1 Å². The van der Waals surface area contributed by atoms with E-state index in [1.54, 1.807) is 11.1 Å². The maximum absolute atomic E-state index is 12.9. The predicted octanol–water partition coefficient (Wildman–Crippen LogP) is 3.98. The van der Waals surface area contributed by atoms with Crippen LogP contribution < -0.4 is 5.32 Å². The molecule has 0 unspecified atom stereocenters. The van der Waals surface area contributed by atoms with Crippen LogP contribution in [0.2, 0.25) is 0 Å². The molecule has 152 valence electrons. The van der Waals surface area contributed by atoms with E-state index in [1.165, 1.54) is 0 Å². The highest BCUT2D eigenvalue weighted by molar-refractivity contribution is 5.98. The van der Waals surface area contributed by atoms with Crippen LogP contribution in [0.4, 0.5) is 0 Å². The molecule has 0 radical (unpaired) electrons. The minimum atomic E-state index is -0.410. The summed E-state index contributed by atoms with van der Waals surface area (Å²) in [7, 11) is 0. The predicted molar refractivity (Wildman–Crippen MR) is 117 cm³/mol. The molecule has 1 N–H and O–H groups in total. The molecule has 0 saturated carbocycles. The summed E-state index contributed by atoms with van der Waals surface area (Å²) in [4.78, 5) is 31.6. The Labute approximate surface area is 176 Å². The number of rotatable bonds is 5. The number of aryl methyl sites for hydroxylation is 1. The van der Waals surface area contributed by atoms with Crippen LogP contribution in [0, 0.1) is 6.92 Å². The molecule has 0 spiro atoms. The van der Waals surface area contributed by atoms with E-state index < -0.39 is 6.04 Å². The number of nitrogens with zero attached hydrogens (tertiary/aromatic N) is 2. The van der Waals surface area contributed by atoms with Gasteiger partial charge in [-0.25, -0.2) is 0 Å². The number of pyridine rings is 1. The van der Waals surface area contributed by atoms with Crippen LogP contribution in [0.1, 0.15) is 34.3 Å². The fraction of sp³-hybridized carbons (Fsp3) is 0.240. The van der Waals surface area contributed by atoms with Gasteiger partial charge in [-0.3, -0.25) is 14.6 Å². The molecule has 0 bridgehead atoms. The molecule has 5 nitrogen and oxygen atoms in total. The van der Waals surface area contributed by atoms with Gasteiger partial charge in [0, 0.05) is 31.0 Å². The molecule has 1 aliphatic heterocycles. The minimum absolute atomic E-state index is 0.0721. The van der Waals surface area contributed by atoms with Gasteiger partial charge in [0.2, 0.25) is 5.91 Å². The molecule has 1 fully saturated rings. The Hall–Kier alpha value is -3.47. The Morgan fingerprint density at radius 3 is 2.63 bits per heavy atom. The highest BCUT2D eigenvalue weighted by atomic mass is 16.2. The van der Waals surface area contributed by atoms with Gasteiger partial charge in [0.05, 0.1) is 0 Å². The van der Waals surface area contributed by atoms with Crippen LogP contribution in [-0.2, 0) is 11.3 Å². The molecule has 2 amide bonds. The number of hydrogen-bond donors (Lipinski definition) is 1. The summed E-state index contributed by atoms with van der Waals surface area (Å²) in [6, 6.07) is 19.1. The highest BCUT2D eigenvalue weighted by Crippen LogP contribution is 2.22. The lowest BCUT2D eigenvalue weighted by molar-refractivity contribution is -0.125. The van der Waals surface area contributed by atoms with Crippen molar-refractivity contribution in [2.24, 2.45) is 0 Å². The third-order valence-electron chi connectivity index (χ3n) is 5.50. The third kappa shape index (κ3) is 4.40. The van der Waals surface area contributed by atoms with E-state index >= 15 is 0 Å². The Kier molecular flexibility index (Phi) is 5.89. The lowest BCUT2D eigenvalue weighted by Crippen LogP contribution is -2.45. The summed E-state index contributed by atoms with van der Waals surface area (Å²) in [6.45, 7) is 3.02. The van der Waals surface area contributed by atoms with Gasteiger partial charge in [-0.15, -0.1) is 0 Å². The summed E-state index contributed by atoms with van der Waals surface area (Å²) < 4.78 is 0. The largest absolute Gasteiger partial charge is 0.350 e. The van der Waals surface area contributed by atoms with E-state index in [0.717, 1.165) is 28.7 Å². The van der Waals surface area contributed by atoms with E-state index in [1.807, 2.05) is 73.8 Å². The molecule has 5 heteroatoms. The quantitative estimate of drug-likeness (QED) is 0.706. The standard InChI is InChI=1S/C25H25N3O2/c1-18-5-2-6-21(15-18)25(30)28-14-4-8-23(28)24(29)27-16-19-9-11-20(12-10-19)22-7-3-13-26-17-22/h2-3,5-7,9-13,15,17,23H,4,8,14,16H2,1H3,(H,27,29)/t23-/m1/s1. The average molecular weight is 399 g/mol. The van der Waals surface area contributed by atoms with E-state index in [4.69, 9.17) is 0 Å². The summed E-state index contributed by atoms with van der Waals surface area (Å²) in [6.07, 6.45) is 5.12. The molecule has 2 heterocycles. The van der Waals surface area contributed by atoms with Crippen molar-refractivity contribution >= 4 is 11.8 Å². The fourth-order valence-electron chi connectivity index (χ4n) is 3.88. The number of likely N-dealkylation sites (tertiary alicyclic amines) is 1. The van der Waals surface area contributed by atoms with Crippen LogP contribution in [-0.4, -0.2) is 34.3 Å². The number of carbonyl (C=O) groups excluding carboxylic acids is 2. The van der Waals surface area contributed by atoms with Crippen molar-refractivity contribution in [3.63, 3.8) is 0 Å². The lowest BCUT2D eigenvalue weighted by atomic mass is 10.1. The molecule has 1 atom stereocenters. The molecule has 1 aliphatic rings. The molecular formula is C25H25N3O2. The van der Waals surface area contributed by atoms with E-state index in [2.05, 4.69) is 10.3 Å². The van der Waals surface area contributed by atoms with Crippen molar-refractivity contribution in [2.45, 2.75) is 32.4 Å². The topological polar surface area (TPSA) is 62.3 Å². The van der Waals surface area contributed by atoms with Crippen molar-refractivity contribution < 1.29 is 9.59 Å². The number of amides is 2. The fourth-order valence-corrected chi connectivity index (χ4v) is 3.88. The zero-order chi connectivity index (χ0) is 20.9. The van der Waals surface area contributed by atoms with Crippen LogP contribution in [0.5, 0.6) is 0 Å². The second kappa shape index (κ2) is 8.91. The zero-order valence-electron chi connectivity index (χ0n) is 17.0. The van der Waals surface area contributed by atoms with Crippen molar-refractivity contribution in [1.29, 1.82) is 0 Å². The van der Waals surface area contributed by atoms with Crippen molar-refractivity contribution in [3.05, 3.63) is 89.7 Å². The van der Waals surface area contributed by atoms with Crippen molar-refractivity contribution in [2.75, 3.05) is 6.54 Å². The first-order valence-corrected chi connectivity index (χ1v) is 10.3. The monoisotopic (exact) mass is 399 g/mol. The smallest absolute Gasteiger partial charge is 0.254 e. The van der Waals surface area contributed by atoms with Crippen molar-refractivity contribution in [3.8, 4) is 11.1 Å². The van der Waals surface area contributed by atoms with Gasteiger partial charge in [-0.05, 0) is 54.7 Å². The number of aromatic nitrogens is 1. The first-order chi connectivity index (χ1) is 14.6. The lowest BCUT2D eigenvalue weighted by Gasteiger charge is -2.24. The second-order valence-electron chi connectivity index (χ2n) is 7.68. The summed E-state index contributed by atoms with van der Waals surface area (Å²) in [5.74, 6) is -0.165. The van der Waals surface area contributed by atoms with Crippen LogP contribution >= 0.6 is 0 Å². The summed E-state index contributed by atoms with van der Waals surface area (Å²) in [5, 5.41) is 3.00. The molecular weight excluding hydrogens is 374 g/mol. The Morgan fingerprint density at radius 2 is 1.90 bits per heavy atom. The van der Waals surface area contributed by atoms with Gasteiger partial charge >= 0.3 is 0 Å². The zero-order valence-corrected chi connectivity index (χ0v) is 17.0. The van der Waals surface area contributed by atoms with Gasteiger partial charge < -0.3 is 10.2 Å². The highest BCUT2D eigenvalue weighted by Gasteiger charge is 2.34. The van der Waals surface area contributed by atoms with E-state index in [9.17, 15) is 9.59 Å². The third-order valence-corrected chi connectivity index (χ3v) is 5.50. The van der Waals surface area contributed by atoms with Gasteiger partial charge in [0.15, 0.2) is 0 Å². The second-order valence-corrected chi connectivity index (χ2v) is 7.68. The maximum atomic E-state index is 12.9. The molecule has 3 aromatic rings. The number of carbonyl (C=O) groups is 2. The van der Waals surface area contributed by atoms with Crippen LogP contribution in [0.3, 0.4) is 0 Å². The SMILES string of the molecule is Cc1cccc(C(=O)N2CCC[C@@H]2C(=O)NCc2ccc(-c3cccnc3)cc2)c1. The Morgan fingerprint density at radius 1 is 1.07 bits per heavy atom. The molecule has 1 aromatic heterocycles. The Bertz CT molecular complexity index is 1030. The molecule has 0 aliphatic carbocycles. The minimum Gasteiger partial charge on any atom is -0.350 e. The van der Waals surface area contributed by atoms with E-state index in [-0.39, 0.29) is 11.8 Å². The normalized spacial score (nSPS) is 15.8. The average Bonchev–Trinajstić information content (AvgIpc) is 3.28. The number of hydrogen-bond acceptors (Lipinski definition) is 3. The summed E-state index contributed by atoms with van der Waals surface area (Å²) in [5.41, 5.74) is 4.84. The number of benzene rings is 2.